The molecule has 5 rings (SSSR count). The highest BCUT2D eigenvalue weighted by Gasteiger charge is 2.23. The number of anilines is 1. The van der Waals surface area contributed by atoms with E-state index in [0.29, 0.717) is 37.4 Å². The van der Waals surface area contributed by atoms with Crippen molar-refractivity contribution < 1.29 is 4.79 Å². The van der Waals surface area contributed by atoms with Crippen LogP contribution in [0.15, 0.2) is 66.4 Å². The number of hydrogen-bond donors (Lipinski definition) is 1. The van der Waals surface area contributed by atoms with Crippen LogP contribution in [0.5, 0.6) is 0 Å². The van der Waals surface area contributed by atoms with Gasteiger partial charge in [-0.15, -0.1) is 22.7 Å². The third-order valence-electron chi connectivity index (χ3n) is 4.62. The highest BCUT2D eigenvalue weighted by Crippen LogP contribution is 2.42. The first kappa shape index (κ1) is 18.9. The van der Waals surface area contributed by atoms with Gasteiger partial charge in [-0.1, -0.05) is 17.7 Å². The number of aromatic nitrogens is 3. The summed E-state index contributed by atoms with van der Waals surface area (Å²) in [5.74, 6) is -0.148. The Morgan fingerprint density at radius 2 is 1.90 bits per heavy atom. The number of carbonyl (C=O) groups is 1. The Hall–Kier alpha value is -3.13. The van der Waals surface area contributed by atoms with Crippen LogP contribution in [0.4, 0.5) is 5.69 Å². The van der Waals surface area contributed by atoms with Gasteiger partial charge in [0.25, 0.3) is 0 Å². The second kappa shape index (κ2) is 7.60. The van der Waals surface area contributed by atoms with Gasteiger partial charge in [-0.05, 0) is 41.8 Å². The molecule has 30 heavy (non-hydrogen) atoms. The average Bonchev–Trinajstić information content (AvgIpc) is 3.42. The molecular weight excluding hydrogens is 436 g/mol. The van der Waals surface area contributed by atoms with Crippen molar-refractivity contribution in [1.82, 2.24) is 15.0 Å². The molecule has 8 heteroatoms. The molecule has 0 aliphatic carbocycles. The summed E-state index contributed by atoms with van der Waals surface area (Å²) in [5.41, 5.74) is 9.75. The van der Waals surface area contributed by atoms with Crippen molar-refractivity contribution in [2.24, 2.45) is 0 Å². The number of thiophene rings is 2. The molecule has 0 radical (unpaired) electrons. The molecule has 0 unspecified atom stereocenters. The number of nitrogen functional groups attached to an aromatic ring is 1. The minimum Gasteiger partial charge on any atom is -0.397 e. The smallest absolute Gasteiger partial charge is 0.205 e. The predicted molar refractivity (Wildman–Crippen MR) is 123 cm³/mol. The van der Waals surface area contributed by atoms with Crippen molar-refractivity contribution in [2.75, 3.05) is 5.73 Å². The molecule has 0 spiro atoms. The SMILES string of the molecule is Nc1c(C(=O)c2ccc(Cl)cc2)sc2nc(-c3cnccn3)cc(-c3cccs3)c12. The summed E-state index contributed by atoms with van der Waals surface area (Å²) in [5, 5.41) is 3.37. The van der Waals surface area contributed by atoms with Crippen molar-refractivity contribution in [2.45, 2.75) is 0 Å². The topological polar surface area (TPSA) is 81.8 Å². The predicted octanol–water partition coefficient (Wildman–Crippen LogP) is 5.95. The van der Waals surface area contributed by atoms with E-state index in [1.807, 2.05) is 23.6 Å². The summed E-state index contributed by atoms with van der Waals surface area (Å²) < 4.78 is 0. The van der Waals surface area contributed by atoms with Crippen molar-refractivity contribution in [3.63, 3.8) is 0 Å². The van der Waals surface area contributed by atoms with Gasteiger partial charge >= 0.3 is 0 Å². The molecule has 5 nitrogen and oxygen atoms in total. The lowest BCUT2D eigenvalue weighted by Crippen LogP contribution is -2.02. The molecule has 0 saturated heterocycles. The van der Waals surface area contributed by atoms with E-state index in [-0.39, 0.29) is 5.78 Å². The molecule has 5 aromatic rings. The van der Waals surface area contributed by atoms with E-state index in [1.165, 1.54) is 11.3 Å². The Bertz CT molecular complexity index is 1360. The fourth-order valence-electron chi connectivity index (χ4n) is 3.21. The van der Waals surface area contributed by atoms with Crippen LogP contribution in [0.25, 0.3) is 32.0 Å². The molecule has 0 fully saturated rings. The number of benzene rings is 1. The zero-order chi connectivity index (χ0) is 20.7. The van der Waals surface area contributed by atoms with Crippen LogP contribution in [0.1, 0.15) is 15.2 Å². The van der Waals surface area contributed by atoms with E-state index in [0.717, 1.165) is 15.8 Å². The Balaban J connectivity index is 1.74. The maximum Gasteiger partial charge on any atom is 0.205 e. The minimum atomic E-state index is -0.148. The van der Waals surface area contributed by atoms with Gasteiger partial charge in [-0.3, -0.25) is 14.8 Å². The fraction of sp³-hybridized carbons (Fsp3) is 0. The molecule has 4 heterocycles. The number of rotatable bonds is 4. The first-order valence-corrected chi connectivity index (χ1v) is 11.0. The van der Waals surface area contributed by atoms with Gasteiger partial charge in [0.1, 0.15) is 15.4 Å². The third-order valence-corrected chi connectivity index (χ3v) is 6.88. The normalized spacial score (nSPS) is 11.1. The summed E-state index contributed by atoms with van der Waals surface area (Å²) in [6, 6.07) is 12.8. The van der Waals surface area contributed by atoms with Gasteiger partial charge in [-0.25, -0.2) is 4.98 Å². The average molecular weight is 449 g/mol. The summed E-state index contributed by atoms with van der Waals surface area (Å²) >= 11 is 8.85. The quantitative estimate of drug-likeness (QED) is 0.343. The van der Waals surface area contributed by atoms with Crippen molar-refractivity contribution in [3.05, 3.63) is 81.9 Å². The van der Waals surface area contributed by atoms with Gasteiger partial charge in [0.15, 0.2) is 0 Å². The number of carbonyl (C=O) groups excluding carboxylic acids is 1. The highest BCUT2D eigenvalue weighted by molar-refractivity contribution is 7.21. The third kappa shape index (κ3) is 3.27. The largest absolute Gasteiger partial charge is 0.397 e. The summed E-state index contributed by atoms with van der Waals surface area (Å²) in [4.78, 5) is 28.6. The van der Waals surface area contributed by atoms with Crippen LogP contribution < -0.4 is 5.73 Å². The van der Waals surface area contributed by atoms with E-state index in [9.17, 15) is 4.79 Å². The summed E-state index contributed by atoms with van der Waals surface area (Å²) in [7, 11) is 0. The van der Waals surface area contributed by atoms with Crippen LogP contribution >= 0.6 is 34.3 Å². The number of nitrogens with zero attached hydrogens (tertiary/aromatic N) is 3. The minimum absolute atomic E-state index is 0.148. The van der Waals surface area contributed by atoms with Crippen LogP contribution in [0.3, 0.4) is 0 Å². The number of ketones is 1. The van der Waals surface area contributed by atoms with Gasteiger partial charge in [0.2, 0.25) is 5.78 Å². The number of halogens is 1. The standard InChI is InChI=1S/C22H13ClN4OS2/c23-13-5-3-12(4-6-13)20(28)21-19(24)18-14(17-2-1-9-29-17)10-15(27-22(18)30-21)16-11-25-7-8-26-16/h1-11H,24H2. The van der Waals surface area contributed by atoms with Crippen LogP contribution in [0, 0.1) is 0 Å². The number of nitrogens with two attached hydrogens (primary N) is 1. The molecule has 2 N–H and O–H groups in total. The zero-order valence-corrected chi connectivity index (χ0v) is 17.8. The summed E-state index contributed by atoms with van der Waals surface area (Å²) in [6.07, 6.45) is 4.92. The lowest BCUT2D eigenvalue weighted by molar-refractivity contribution is 0.104. The molecule has 4 aromatic heterocycles. The molecular formula is C22H13ClN4OS2. The molecule has 0 aliphatic heterocycles. The van der Waals surface area contributed by atoms with Gasteiger partial charge < -0.3 is 5.73 Å². The second-order valence-electron chi connectivity index (χ2n) is 6.48. The van der Waals surface area contributed by atoms with Gasteiger partial charge in [0, 0.05) is 38.8 Å². The Morgan fingerprint density at radius 1 is 1.07 bits per heavy atom. The molecule has 0 atom stereocenters. The first-order valence-electron chi connectivity index (χ1n) is 8.95. The lowest BCUT2D eigenvalue weighted by Gasteiger charge is -2.06. The number of hydrogen-bond acceptors (Lipinski definition) is 7. The van der Waals surface area contributed by atoms with E-state index >= 15 is 0 Å². The van der Waals surface area contributed by atoms with Gasteiger partial charge in [0.05, 0.1) is 17.6 Å². The lowest BCUT2D eigenvalue weighted by atomic mass is 10.0. The fourth-order valence-corrected chi connectivity index (χ4v) is 5.17. The Kier molecular flexibility index (Phi) is 4.78. The number of fused-ring (bicyclic) bond motifs is 1. The van der Waals surface area contributed by atoms with Crippen LogP contribution in [-0.4, -0.2) is 20.7 Å². The number of pyridine rings is 1. The van der Waals surface area contributed by atoms with E-state index in [1.54, 1.807) is 54.2 Å². The maximum atomic E-state index is 13.1. The molecule has 0 aliphatic rings. The van der Waals surface area contributed by atoms with Crippen molar-refractivity contribution >= 4 is 56.0 Å². The molecule has 0 bridgehead atoms. The molecule has 1 aromatic carbocycles. The van der Waals surface area contributed by atoms with E-state index in [2.05, 4.69) is 9.97 Å². The Labute approximate surface area is 184 Å². The van der Waals surface area contributed by atoms with Crippen molar-refractivity contribution in [1.29, 1.82) is 0 Å². The molecule has 0 saturated carbocycles. The zero-order valence-electron chi connectivity index (χ0n) is 15.4. The monoisotopic (exact) mass is 448 g/mol. The van der Waals surface area contributed by atoms with Gasteiger partial charge in [-0.2, -0.15) is 0 Å². The molecule has 146 valence electrons. The van der Waals surface area contributed by atoms with E-state index < -0.39 is 0 Å². The Morgan fingerprint density at radius 3 is 2.60 bits per heavy atom. The second-order valence-corrected chi connectivity index (χ2v) is 8.87. The van der Waals surface area contributed by atoms with E-state index in [4.69, 9.17) is 22.3 Å². The summed E-state index contributed by atoms with van der Waals surface area (Å²) in [6.45, 7) is 0. The van der Waals surface area contributed by atoms with Crippen molar-refractivity contribution in [3.8, 4) is 21.8 Å². The van der Waals surface area contributed by atoms with Crippen LogP contribution in [-0.2, 0) is 0 Å². The van der Waals surface area contributed by atoms with Crippen LogP contribution in [0.2, 0.25) is 5.02 Å². The maximum absolute atomic E-state index is 13.1. The molecule has 0 amide bonds. The first-order chi connectivity index (χ1) is 14.6. The highest BCUT2D eigenvalue weighted by atomic mass is 35.5.